The third-order valence-electron chi connectivity index (χ3n) is 5.06. The van der Waals surface area contributed by atoms with Crippen LogP contribution in [0, 0.1) is 0 Å². The molecular formula is C18H28IN3O9. The third kappa shape index (κ3) is 10.8. The van der Waals surface area contributed by atoms with E-state index in [4.69, 9.17) is 10.2 Å². The molecule has 1 aliphatic rings. The summed E-state index contributed by atoms with van der Waals surface area (Å²) in [5.74, 6) is -4.67. The Morgan fingerprint density at radius 1 is 0.645 bits per heavy atom. The summed E-state index contributed by atoms with van der Waals surface area (Å²) in [5, 5.41) is 36.5. The predicted molar refractivity (Wildman–Crippen MR) is 115 cm³/mol. The maximum atomic E-state index is 11.9. The van der Waals surface area contributed by atoms with Gasteiger partial charge in [-0.25, -0.2) is 0 Å². The maximum Gasteiger partial charge on any atom is 0.317 e. The molecule has 2 atom stereocenters. The van der Waals surface area contributed by atoms with Gasteiger partial charge in [0.25, 0.3) is 0 Å². The Kier molecular flexibility index (Phi) is 11.9. The number of nitrogens with zero attached hydrogens (tertiary/aromatic N) is 3. The van der Waals surface area contributed by atoms with Crippen LogP contribution in [-0.4, -0.2) is 121 Å². The lowest BCUT2D eigenvalue weighted by Crippen LogP contribution is -2.57. The summed E-state index contributed by atoms with van der Waals surface area (Å²) in [7, 11) is 0. The number of halogens is 1. The summed E-state index contributed by atoms with van der Waals surface area (Å²) in [6.45, 7) is -1.60. The lowest BCUT2D eigenvalue weighted by Gasteiger charge is -2.44. The normalized spacial score (nSPS) is 19.0. The number of carbonyl (C=O) groups excluding carboxylic acids is 1. The summed E-state index contributed by atoms with van der Waals surface area (Å²) in [6.07, 6.45) is 2.77. The van der Waals surface area contributed by atoms with Crippen LogP contribution in [0.15, 0.2) is 0 Å². The molecule has 1 fully saturated rings. The summed E-state index contributed by atoms with van der Waals surface area (Å²) in [4.78, 5) is 60.9. The van der Waals surface area contributed by atoms with Crippen LogP contribution in [0.4, 0.5) is 0 Å². The minimum atomic E-state index is -1.18. The molecule has 0 aliphatic heterocycles. The molecule has 0 radical (unpaired) electrons. The van der Waals surface area contributed by atoms with Crippen LogP contribution in [-0.2, 0) is 24.0 Å². The lowest BCUT2D eigenvalue weighted by molar-refractivity contribution is -0.144. The van der Waals surface area contributed by atoms with Crippen molar-refractivity contribution in [3.05, 3.63) is 0 Å². The van der Waals surface area contributed by atoms with Gasteiger partial charge in [0.05, 0.1) is 32.7 Å². The first kappa shape index (κ1) is 27.2. The first-order valence-corrected chi connectivity index (χ1v) is 10.8. The SMILES string of the molecule is O=C(O)CN(CCN(CC(=O)I)C1CCCCC1N(CC(=O)O)CC(=O)O)CC(=O)O. The largest absolute Gasteiger partial charge is 0.480 e. The highest BCUT2D eigenvalue weighted by Gasteiger charge is 2.36. The van der Waals surface area contributed by atoms with Gasteiger partial charge in [-0.15, -0.1) is 0 Å². The number of aliphatic carboxylic acids is 4. The van der Waals surface area contributed by atoms with Crippen LogP contribution < -0.4 is 0 Å². The highest BCUT2D eigenvalue weighted by Crippen LogP contribution is 2.27. The van der Waals surface area contributed by atoms with E-state index in [1.807, 2.05) is 0 Å². The Bertz CT molecular complexity index is 644. The van der Waals surface area contributed by atoms with Crippen molar-refractivity contribution in [2.24, 2.45) is 0 Å². The summed E-state index contributed by atoms with van der Waals surface area (Å²) in [6, 6.07) is -0.730. The van der Waals surface area contributed by atoms with Gasteiger partial charge in [0, 0.05) is 47.8 Å². The summed E-state index contributed by atoms with van der Waals surface area (Å²) < 4.78 is -0.187. The first-order valence-electron chi connectivity index (χ1n) is 9.75. The van der Waals surface area contributed by atoms with E-state index >= 15 is 0 Å². The van der Waals surface area contributed by atoms with Gasteiger partial charge >= 0.3 is 23.9 Å². The number of rotatable bonds is 15. The van der Waals surface area contributed by atoms with Gasteiger partial charge < -0.3 is 20.4 Å². The Morgan fingerprint density at radius 2 is 1.06 bits per heavy atom. The molecule has 0 aromatic heterocycles. The minimum absolute atomic E-state index is 0.00366. The molecule has 1 saturated carbocycles. The molecule has 0 spiro atoms. The van der Waals surface area contributed by atoms with Crippen molar-refractivity contribution in [2.45, 2.75) is 37.8 Å². The average molecular weight is 557 g/mol. The average Bonchev–Trinajstić information content (AvgIpc) is 2.62. The molecular weight excluding hydrogens is 529 g/mol. The van der Waals surface area contributed by atoms with Gasteiger partial charge in [0.15, 0.2) is 0 Å². The Hall–Kier alpha value is -1.84. The van der Waals surface area contributed by atoms with Gasteiger partial charge in [0.1, 0.15) is 0 Å². The topological polar surface area (TPSA) is 176 Å². The number of hydrogen-bond acceptors (Lipinski definition) is 8. The second-order valence-electron chi connectivity index (χ2n) is 7.44. The predicted octanol–water partition coefficient (Wildman–Crippen LogP) is -0.496. The second kappa shape index (κ2) is 13.5. The van der Waals surface area contributed by atoms with E-state index in [1.54, 1.807) is 27.5 Å². The number of carboxylic acids is 4. The molecule has 13 heteroatoms. The Morgan fingerprint density at radius 3 is 1.45 bits per heavy atom. The van der Waals surface area contributed by atoms with Gasteiger partial charge in [-0.2, -0.15) is 0 Å². The molecule has 0 aromatic rings. The zero-order chi connectivity index (χ0) is 23.6. The molecule has 0 aromatic carbocycles. The zero-order valence-electron chi connectivity index (χ0n) is 17.0. The van der Waals surface area contributed by atoms with Crippen LogP contribution in [0.1, 0.15) is 25.7 Å². The van der Waals surface area contributed by atoms with Crippen LogP contribution in [0.5, 0.6) is 0 Å². The number of carboxylic acid groups (broad SMARTS) is 4. The molecule has 0 saturated heterocycles. The zero-order valence-corrected chi connectivity index (χ0v) is 19.1. The van der Waals surface area contributed by atoms with Crippen molar-refractivity contribution < 1.29 is 44.4 Å². The molecule has 0 bridgehead atoms. The van der Waals surface area contributed by atoms with Gasteiger partial charge in [-0.05, 0) is 12.8 Å². The van der Waals surface area contributed by atoms with Gasteiger partial charge in [-0.3, -0.25) is 38.7 Å². The van der Waals surface area contributed by atoms with E-state index in [2.05, 4.69) is 0 Å². The standard InChI is InChI=1S/C18H28IN3O9/c19-14(23)7-21(6-5-20(8-15(24)25)9-16(26)27)12-3-1-2-4-13(12)22(10-17(28)29)11-18(30)31/h12-13H,1-11H2,(H,24,25)(H,26,27)(H,28,29)(H,30,31). The highest BCUT2D eigenvalue weighted by atomic mass is 127. The van der Waals surface area contributed by atoms with Crippen molar-refractivity contribution >= 4 is 50.3 Å². The molecule has 0 amide bonds. The Labute approximate surface area is 192 Å². The smallest absolute Gasteiger partial charge is 0.317 e. The monoisotopic (exact) mass is 557 g/mol. The van der Waals surface area contributed by atoms with Crippen molar-refractivity contribution in [2.75, 3.05) is 45.8 Å². The maximum absolute atomic E-state index is 11.9. The van der Waals surface area contributed by atoms with E-state index in [0.29, 0.717) is 12.8 Å². The first-order chi connectivity index (χ1) is 14.5. The van der Waals surface area contributed by atoms with E-state index < -0.39 is 56.1 Å². The van der Waals surface area contributed by atoms with Crippen LogP contribution >= 0.6 is 22.6 Å². The van der Waals surface area contributed by atoms with Crippen LogP contribution in [0.2, 0.25) is 0 Å². The molecule has 1 rings (SSSR count). The molecule has 2 unspecified atom stereocenters. The van der Waals surface area contributed by atoms with Crippen LogP contribution in [0.3, 0.4) is 0 Å². The fourth-order valence-electron chi connectivity index (χ4n) is 3.97. The van der Waals surface area contributed by atoms with Crippen molar-refractivity contribution in [3.63, 3.8) is 0 Å². The van der Waals surface area contributed by atoms with Crippen molar-refractivity contribution in [1.29, 1.82) is 0 Å². The third-order valence-corrected chi connectivity index (χ3v) is 5.40. The second-order valence-corrected chi connectivity index (χ2v) is 8.64. The van der Waals surface area contributed by atoms with Crippen molar-refractivity contribution in [3.8, 4) is 0 Å². The van der Waals surface area contributed by atoms with Gasteiger partial charge in [0.2, 0.25) is 3.79 Å². The molecule has 1 aliphatic carbocycles. The Balaban J connectivity index is 3.06. The molecule has 12 nitrogen and oxygen atoms in total. The van der Waals surface area contributed by atoms with Crippen molar-refractivity contribution in [1.82, 2.24) is 14.7 Å². The van der Waals surface area contributed by atoms with E-state index in [9.17, 15) is 34.2 Å². The highest BCUT2D eigenvalue weighted by molar-refractivity contribution is 14.1. The quantitative estimate of drug-likeness (QED) is 0.150. The molecule has 176 valence electrons. The fourth-order valence-corrected chi connectivity index (χ4v) is 4.41. The number of carbonyl (C=O) groups is 5. The lowest BCUT2D eigenvalue weighted by atomic mass is 9.87. The summed E-state index contributed by atoms with van der Waals surface area (Å²) in [5.41, 5.74) is 0. The van der Waals surface area contributed by atoms with E-state index in [-0.39, 0.29) is 29.5 Å². The molecule has 0 heterocycles. The molecule has 31 heavy (non-hydrogen) atoms. The van der Waals surface area contributed by atoms with Gasteiger partial charge in [-0.1, -0.05) is 12.8 Å². The fraction of sp³-hybridized carbons (Fsp3) is 0.722. The summed E-state index contributed by atoms with van der Waals surface area (Å²) >= 11 is 1.63. The van der Waals surface area contributed by atoms with E-state index in [1.165, 1.54) is 9.80 Å². The van der Waals surface area contributed by atoms with Crippen LogP contribution in [0.25, 0.3) is 0 Å². The number of hydrogen-bond donors (Lipinski definition) is 4. The molecule has 4 N–H and O–H groups in total. The van der Waals surface area contributed by atoms with E-state index in [0.717, 1.165) is 12.8 Å². The minimum Gasteiger partial charge on any atom is -0.480 e.